The average molecular weight is 281 g/mol. The molecule has 0 saturated carbocycles. The van der Waals surface area contributed by atoms with Crippen molar-refractivity contribution in [2.24, 2.45) is 0 Å². The SMILES string of the molecule is C[C@H](C(=O)O)c1cccc(C(=O)c2ccccc2)c1.[Al]. The molecule has 0 aliphatic rings. The zero-order valence-electron chi connectivity index (χ0n) is 11.1. The molecule has 2 rings (SSSR count). The Bertz CT molecular complexity index is 608. The predicted molar refractivity (Wildman–Crippen MR) is 78.1 cm³/mol. The second-order valence-electron chi connectivity index (χ2n) is 4.38. The molecule has 4 heteroatoms. The third kappa shape index (κ3) is 3.57. The first-order chi connectivity index (χ1) is 9.09. The molecule has 0 unspecified atom stereocenters. The Balaban J connectivity index is 0.00000200. The summed E-state index contributed by atoms with van der Waals surface area (Å²) >= 11 is 0. The van der Waals surface area contributed by atoms with E-state index in [2.05, 4.69) is 0 Å². The third-order valence-corrected chi connectivity index (χ3v) is 3.06. The Morgan fingerprint density at radius 3 is 2.15 bits per heavy atom. The summed E-state index contributed by atoms with van der Waals surface area (Å²) < 4.78 is 0. The number of carboxylic acids is 1. The number of carboxylic acid groups (broad SMARTS) is 1. The molecule has 0 fully saturated rings. The Labute approximate surface area is 128 Å². The van der Waals surface area contributed by atoms with Crippen molar-refractivity contribution in [3.63, 3.8) is 0 Å². The number of rotatable bonds is 4. The molecule has 3 radical (unpaired) electrons. The van der Waals surface area contributed by atoms with Crippen LogP contribution in [-0.2, 0) is 4.79 Å². The number of benzene rings is 2. The molecule has 0 aliphatic carbocycles. The number of carbonyl (C=O) groups is 2. The van der Waals surface area contributed by atoms with Crippen LogP contribution in [0.1, 0.15) is 34.3 Å². The van der Waals surface area contributed by atoms with E-state index in [-0.39, 0.29) is 23.1 Å². The predicted octanol–water partition coefficient (Wildman–Crippen LogP) is 2.72. The van der Waals surface area contributed by atoms with E-state index in [0.29, 0.717) is 16.7 Å². The molecule has 1 atom stereocenters. The highest BCUT2D eigenvalue weighted by Crippen LogP contribution is 2.18. The summed E-state index contributed by atoms with van der Waals surface area (Å²) in [5.74, 6) is -1.62. The first-order valence-corrected chi connectivity index (χ1v) is 6.02. The molecular formula is C16H14AlO3. The number of carbonyl (C=O) groups excluding carboxylic acids is 1. The topological polar surface area (TPSA) is 54.4 Å². The van der Waals surface area contributed by atoms with Crippen LogP contribution in [0.4, 0.5) is 0 Å². The van der Waals surface area contributed by atoms with Gasteiger partial charge in [-0.15, -0.1) is 0 Å². The summed E-state index contributed by atoms with van der Waals surface area (Å²) in [6, 6.07) is 15.7. The van der Waals surface area contributed by atoms with E-state index in [1.54, 1.807) is 55.5 Å². The highest BCUT2D eigenvalue weighted by atomic mass is 27.0. The summed E-state index contributed by atoms with van der Waals surface area (Å²) in [4.78, 5) is 23.2. The van der Waals surface area contributed by atoms with Gasteiger partial charge in [0.15, 0.2) is 5.78 Å². The van der Waals surface area contributed by atoms with Crippen molar-refractivity contribution in [1.82, 2.24) is 0 Å². The quantitative estimate of drug-likeness (QED) is 0.692. The molecule has 0 heterocycles. The minimum atomic E-state index is -0.899. The van der Waals surface area contributed by atoms with Gasteiger partial charge in [0.25, 0.3) is 0 Å². The molecule has 99 valence electrons. The summed E-state index contributed by atoms with van der Waals surface area (Å²) in [5.41, 5.74) is 1.74. The van der Waals surface area contributed by atoms with Crippen molar-refractivity contribution < 1.29 is 14.7 Å². The highest BCUT2D eigenvalue weighted by Gasteiger charge is 2.16. The minimum absolute atomic E-state index is 0. The Morgan fingerprint density at radius 2 is 1.55 bits per heavy atom. The second kappa shape index (κ2) is 7.04. The molecule has 0 amide bonds. The maximum atomic E-state index is 12.2. The summed E-state index contributed by atoms with van der Waals surface area (Å²) in [7, 11) is 0. The minimum Gasteiger partial charge on any atom is -0.481 e. The number of aliphatic carboxylic acids is 1. The molecule has 3 nitrogen and oxygen atoms in total. The van der Waals surface area contributed by atoms with Crippen LogP contribution in [0.5, 0.6) is 0 Å². The molecule has 0 aromatic heterocycles. The molecule has 2 aromatic carbocycles. The zero-order valence-corrected chi connectivity index (χ0v) is 12.3. The van der Waals surface area contributed by atoms with Crippen molar-refractivity contribution in [1.29, 1.82) is 0 Å². The van der Waals surface area contributed by atoms with E-state index in [0.717, 1.165) is 0 Å². The van der Waals surface area contributed by atoms with Gasteiger partial charge in [0.05, 0.1) is 5.92 Å². The molecule has 0 aliphatic heterocycles. The first-order valence-electron chi connectivity index (χ1n) is 6.02. The fourth-order valence-electron chi connectivity index (χ4n) is 1.85. The molecule has 0 bridgehead atoms. The lowest BCUT2D eigenvalue weighted by molar-refractivity contribution is -0.138. The summed E-state index contributed by atoms with van der Waals surface area (Å²) in [6.45, 7) is 1.61. The smallest absolute Gasteiger partial charge is 0.310 e. The molecule has 20 heavy (non-hydrogen) atoms. The van der Waals surface area contributed by atoms with E-state index in [1.807, 2.05) is 6.07 Å². The first kappa shape index (κ1) is 16.2. The van der Waals surface area contributed by atoms with Crippen LogP contribution in [0.3, 0.4) is 0 Å². The molecular weight excluding hydrogens is 267 g/mol. The van der Waals surface area contributed by atoms with Gasteiger partial charge in [-0.25, -0.2) is 0 Å². The maximum absolute atomic E-state index is 12.2. The van der Waals surface area contributed by atoms with Crippen LogP contribution in [0.25, 0.3) is 0 Å². The van der Waals surface area contributed by atoms with Crippen molar-refractivity contribution >= 4 is 29.1 Å². The Morgan fingerprint density at radius 1 is 0.950 bits per heavy atom. The van der Waals surface area contributed by atoms with Gasteiger partial charge in [0.2, 0.25) is 0 Å². The van der Waals surface area contributed by atoms with E-state index in [4.69, 9.17) is 5.11 Å². The lowest BCUT2D eigenvalue weighted by Gasteiger charge is -2.08. The van der Waals surface area contributed by atoms with Crippen LogP contribution in [0.15, 0.2) is 54.6 Å². The van der Waals surface area contributed by atoms with Crippen LogP contribution >= 0.6 is 0 Å². The molecule has 0 spiro atoms. The molecule has 0 saturated heterocycles. The number of ketones is 1. The molecule has 1 N–H and O–H groups in total. The van der Waals surface area contributed by atoms with Crippen molar-refractivity contribution in [3.8, 4) is 0 Å². The van der Waals surface area contributed by atoms with Crippen LogP contribution in [0.2, 0.25) is 0 Å². The van der Waals surface area contributed by atoms with Crippen LogP contribution in [-0.4, -0.2) is 34.2 Å². The van der Waals surface area contributed by atoms with Gasteiger partial charge < -0.3 is 5.11 Å². The van der Waals surface area contributed by atoms with Crippen molar-refractivity contribution in [3.05, 3.63) is 71.3 Å². The zero-order chi connectivity index (χ0) is 13.8. The lowest BCUT2D eigenvalue weighted by Crippen LogP contribution is -2.09. The van der Waals surface area contributed by atoms with Gasteiger partial charge in [0.1, 0.15) is 0 Å². The fourth-order valence-corrected chi connectivity index (χ4v) is 1.85. The molecule has 2 aromatic rings. The number of hydrogen-bond acceptors (Lipinski definition) is 2. The van der Waals surface area contributed by atoms with Gasteiger partial charge >= 0.3 is 5.97 Å². The van der Waals surface area contributed by atoms with Gasteiger partial charge in [-0.05, 0) is 18.6 Å². The largest absolute Gasteiger partial charge is 0.481 e. The van der Waals surface area contributed by atoms with Gasteiger partial charge in [-0.3, -0.25) is 9.59 Å². The van der Waals surface area contributed by atoms with E-state index < -0.39 is 11.9 Å². The summed E-state index contributed by atoms with van der Waals surface area (Å²) in [5, 5.41) is 9.00. The Kier molecular flexibility index (Phi) is 5.69. The average Bonchev–Trinajstić information content (AvgIpc) is 2.46. The van der Waals surface area contributed by atoms with Crippen LogP contribution in [0, 0.1) is 0 Å². The summed E-state index contributed by atoms with van der Waals surface area (Å²) in [6.07, 6.45) is 0. The van der Waals surface area contributed by atoms with E-state index in [9.17, 15) is 9.59 Å². The standard InChI is InChI=1S/C16H14O3.Al/c1-11(16(18)19)13-8-5-9-14(10-13)15(17)12-6-3-2-4-7-12;/h2-11H,1H3,(H,18,19);/t11-;/m0./s1. The lowest BCUT2D eigenvalue weighted by atomic mass is 9.96. The number of hydrogen-bond donors (Lipinski definition) is 1. The monoisotopic (exact) mass is 281 g/mol. The second-order valence-corrected chi connectivity index (χ2v) is 4.38. The highest BCUT2D eigenvalue weighted by molar-refractivity contribution is 6.09. The third-order valence-electron chi connectivity index (χ3n) is 3.06. The van der Waals surface area contributed by atoms with Crippen molar-refractivity contribution in [2.75, 3.05) is 0 Å². The normalized spacial score (nSPS) is 11.2. The fraction of sp³-hybridized carbons (Fsp3) is 0.125. The van der Waals surface area contributed by atoms with E-state index >= 15 is 0 Å². The van der Waals surface area contributed by atoms with E-state index in [1.165, 1.54) is 0 Å². The van der Waals surface area contributed by atoms with Gasteiger partial charge in [-0.1, -0.05) is 48.5 Å². The van der Waals surface area contributed by atoms with Crippen LogP contribution < -0.4 is 0 Å². The van der Waals surface area contributed by atoms with Gasteiger partial charge in [-0.2, -0.15) is 0 Å². The maximum Gasteiger partial charge on any atom is 0.310 e. The van der Waals surface area contributed by atoms with Gasteiger partial charge in [0, 0.05) is 28.5 Å². The Hall–Kier alpha value is -1.89. The van der Waals surface area contributed by atoms with Crippen molar-refractivity contribution in [2.45, 2.75) is 12.8 Å².